The van der Waals surface area contributed by atoms with Gasteiger partial charge in [-0.15, -0.1) is 0 Å². The van der Waals surface area contributed by atoms with Crippen molar-refractivity contribution >= 4 is 22.5 Å². The maximum Gasteiger partial charge on any atom is 0.238 e. The van der Waals surface area contributed by atoms with Gasteiger partial charge in [0.05, 0.1) is 29.5 Å². The number of piperidine rings is 1. The first-order valence-electron chi connectivity index (χ1n) is 10.3. The topological polar surface area (TPSA) is 86.8 Å². The molecule has 0 unspecified atom stereocenters. The number of rotatable bonds is 5. The van der Waals surface area contributed by atoms with Crippen molar-refractivity contribution in [2.75, 3.05) is 25.0 Å². The fourth-order valence-electron chi connectivity index (χ4n) is 4.58. The van der Waals surface area contributed by atoms with Crippen LogP contribution >= 0.6 is 0 Å². The number of amides is 1. The van der Waals surface area contributed by atoms with E-state index >= 15 is 0 Å². The molecule has 3 heterocycles. The number of carbonyl (C=O) groups is 1. The van der Waals surface area contributed by atoms with Crippen molar-refractivity contribution in [2.24, 2.45) is 18.9 Å². The van der Waals surface area contributed by atoms with Gasteiger partial charge in [-0.25, -0.2) is 0 Å². The van der Waals surface area contributed by atoms with Crippen LogP contribution in [-0.2, 0) is 18.3 Å². The second-order valence-electron chi connectivity index (χ2n) is 8.34. The third-order valence-corrected chi connectivity index (χ3v) is 5.67. The van der Waals surface area contributed by atoms with E-state index < -0.39 is 0 Å². The Hall–Kier alpha value is -3.24. The molecule has 0 spiro atoms. The van der Waals surface area contributed by atoms with Gasteiger partial charge in [-0.2, -0.15) is 10.4 Å². The van der Waals surface area contributed by atoms with Gasteiger partial charge in [-0.05, 0) is 42.4 Å². The van der Waals surface area contributed by atoms with E-state index in [2.05, 4.69) is 39.4 Å². The average Bonchev–Trinajstić information content (AvgIpc) is 3.12. The third-order valence-electron chi connectivity index (χ3n) is 5.67. The predicted molar refractivity (Wildman–Crippen MR) is 116 cm³/mol. The summed E-state index contributed by atoms with van der Waals surface area (Å²) in [7, 11) is 1.83. The van der Waals surface area contributed by atoms with E-state index in [9.17, 15) is 10.1 Å². The number of hydrogen-bond donors (Lipinski definition) is 1. The SMILES string of the molecule is C[C@@H]1C[C@@H](Cc2ccc(C#N)c3ncccc23)CN(CC(=O)Nc2cnn(C)c2)C1. The lowest BCUT2D eigenvalue weighted by Gasteiger charge is -2.36. The van der Waals surface area contributed by atoms with Gasteiger partial charge in [0, 0.05) is 37.9 Å². The van der Waals surface area contributed by atoms with Crippen molar-refractivity contribution in [2.45, 2.75) is 19.8 Å². The van der Waals surface area contributed by atoms with Crippen molar-refractivity contribution in [3.8, 4) is 6.07 Å². The molecular formula is C23H26N6O. The van der Waals surface area contributed by atoms with E-state index in [0.717, 1.165) is 42.5 Å². The number of hydrogen-bond acceptors (Lipinski definition) is 5. The number of pyridine rings is 1. The summed E-state index contributed by atoms with van der Waals surface area (Å²) in [5.41, 5.74) is 3.32. The molecule has 1 amide bonds. The number of aromatic nitrogens is 3. The standard InChI is InChI=1S/C23H26N6O/c1-16-8-17(9-18-5-6-19(10-24)23-21(18)4-3-7-25-23)13-29(12-16)15-22(30)27-20-11-26-28(2)14-20/h3-7,11,14,16-17H,8-9,12-13,15H2,1-2H3,(H,27,30)/t16-,17+/m1/s1. The highest BCUT2D eigenvalue weighted by Gasteiger charge is 2.27. The van der Waals surface area contributed by atoms with E-state index in [1.54, 1.807) is 23.3 Å². The number of aryl methyl sites for hydroxylation is 1. The van der Waals surface area contributed by atoms with Crippen LogP contribution in [0, 0.1) is 23.2 Å². The van der Waals surface area contributed by atoms with Crippen LogP contribution in [0.5, 0.6) is 0 Å². The van der Waals surface area contributed by atoms with E-state index in [1.807, 2.05) is 25.2 Å². The van der Waals surface area contributed by atoms with Crippen LogP contribution in [0.25, 0.3) is 10.9 Å². The molecule has 30 heavy (non-hydrogen) atoms. The molecule has 2 aromatic heterocycles. The highest BCUT2D eigenvalue weighted by molar-refractivity contribution is 5.92. The summed E-state index contributed by atoms with van der Waals surface area (Å²) in [6.07, 6.45) is 7.23. The molecule has 1 aliphatic rings. The minimum absolute atomic E-state index is 0.0103. The van der Waals surface area contributed by atoms with E-state index in [4.69, 9.17) is 0 Å². The fraction of sp³-hybridized carbons (Fsp3) is 0.391. The van der Waals surface area contributed by atoms with Crippen LogP contribution in [0.4, 0.5) is 5.69 Å². The van der Waals surface area contributed by atoms with Gasteiger partial charge in [-0.3, -0.25) is 19.4 Å². The Morgan fingerprint density at radius 3 is 2.97 bits per heavy atom. The third kappa shape index (κ3) is 4.50. The highest BCUT2D eigenvalue weighted by atomic mass is 16.2. The van der Waals surface area contributed by atoms with Crippen molar-refractivity contribution in [1.82, 2.24) is 19.7 Å². The number of fused-ring (bicyclic) bond motifs is 1. The molecule has 1 N–H and O–H groups in total. The lowest BCUT2D eigenvalue weighted by atomic mass is 9.85. The van der Waals surface area contributed by atoms with E-state index in [1.165, 1.54) is 5.56 Å². The fourth-order valence-corrected chi connectivity index (χ4v) is 4.58. The maximum absolute atomic E-state index is 12.5. The summed E-state index contributed by atoms with van der Waals surface area (Å²) in [4.78, 5) is 19.1. The first kappa shape index (κ1) is 20.0. The van der Waals surface area contributed by atoms with Crippen LogP contribution in [0.3, 0.4) is 0 Å². The molecule has 0 bridgehead atoms. The van der Waals surface area contributed by atoms with Crippen LogP contribution in [0.1, 0.15) is 24.5 Å². The summed E-state index contributed by atoms with van der Waals surface area (Å²) >= 11 is 0. The molecule has 4 rings (SSSR count). The highest BCUT2D eigenvalue weighted by Crippen LogP contribution is 2.28. The van der Waals surface area contributed by atoms with Crippen molar-refractivity contribution in [3.63, 3.8) is 0 Å². The molecule has 0 aliphatic carbocycles. The lowest BCUT2D eigenvalue weighted by Crippen LogP contribution is -2.44. The summed E-state index contributed by atoms with van der Waals surface area (Å²) in [6, 6.07) is 10.1. The first-order valence-corrected chi connectivity index (χ1v) is 10.3. The second-order valence-corrected chi connectivity index (χ2v) is 8.34. The van der Waals surface area contributed by atoms with Crippen LogP contribution in [0.2, 0.25) is 0 Å². The zero-order valence-corrected chi connectivity index (χ0v) is 17.4. The molecule has 3 aromatic rings. The van der Waals surface area contributed by atoms with Gasteiger partial charge in [0.25, 0.3) is 0 Å². The van der Waals surface area contributed by atoms with E-state index in [-0.39, 0.29) is 5.91 Å². The smallest absolute Gasteiger partial charge is 0.238 e. The van der Waals surface area contributed by atoms with Crippen molar-refractivity contribution in [1.29, 1.82) is 5.26 Å². The van der Waals surface area contributed by atoms with Gasteiger partial charge in [0.1, 0.15) is 6.07 Å². The number of anilines is 1. The molecule has 0 radical (unpaired) electrons. The van der Waals surface area contributed by atoms with Crippen LogP contribution in [0.15, 0.2) is 42.9 Å². The molecule has 0 saturated carbocycles. The Labute approximate surface area is 176 Å². The Morgan fingerprint density at radius 2 is 2.20 bits per heavy atom. The zero-order chi connectivity index (χ0) is 21.1. The lowest BCUT2D eigenvalue weighted by molar-refractivity contribution is -0.117. The Kier molecular flexibility index (Phi) is 5.77. The molecule has 1 fully saturated rings. The summed E-state index contributed by atoms with van der Waals surface area (Å²) < 4.78 is 1.67. The van der Waals surface area contributed by atoms with Gasteiger partial charge in [0.2, 0.25) is 5.91 Å². The first-order chi connectivity index (χ1) is 14.5. The molecule has 1 aromatic carbocycles. The minimum atomic E-state index is -0.0103. The minimum Gasteiger partial charge on any atom is -0.322 e. The molecule has 7 heteroatoms. The number of benzene rings is 1. The molecule has 2 atom stereocenters. The predicted octanol–water partition coefficient (Wildman–Crippen LogP) is 2.98. The van der Waals surface area contributed by atoms with Crippen molar-refractivity contribution in [3.05, 3.63) is 54.0 Å². The molecule has 1 saturated heterocycles. The number of nitrogens with zero attached hydrogens (tertiary/aromatic N) is 5. The van der Waals surface area contributed by atoms with Crippen molar-refractivity contribution < 1.29 is 4.79 Å². The Morgan fingerprint density at radius 1 is 1.33 bits per heavy atom. The average molecular weight is 403 g/mol. The summed E-state index contributed by atoms with van der Waals surface area (Å²) in [5, 5.41) is 17.4. The molecule has 7 nitrogen and oxygen atoms in total. The summed E-state index contributed by atoms with van der Waals surface area (Å²) in [6.45, 7) is 4.43. The molecule has 154 valence electrons. The molecular weight excluding hydrogens is 376 g/mol. The normalized spacial score (nSPS) is 19.5. The summed E-state index contributed by atoms with van der Waals surface area (Å²) in [5.74, 6) is 0.970. The van der Waals surface area contributed by atoms with Crippen LogP contribution < -0.4 is 5.32 Å². The molecule has 1 aliphatic heterocycles. The number of nitrogens with one attached hydrogen (secondary N) is 1. The number of carbonyl (C=O) groups excluding carboxylic acids is 1. The van der Waals surface area contributed by atoms with Gasteiger partial charge < -0.3 is 5.32 Å². The zero-order valence-electron chi connectivity index (χ0n) is 17.4. The number of nitriles is 1. The van der Waals surface area contributed by atoms with Gasteiger partial charge in [0.15, 0.2) is 0 Å². The van der Waals surface area contributed by atoms with Gasteiger partial charge >= 0.3 is 0 Å². The monoisotopic (exact) mass is 402 g/mol. The quantitative estimate of drug-likeness (QED) is 0.709. The Bertz CT molecular complexity index is 1100. The van der Waals surface area contributed by atoms with E-state index in [0.29, 0.717) is 23.9 Å². The number of likely N-dealkylation sites (tertiary alicyclic amines) is 1. The van der Waals surface area contributed by atoms with Crippen LogP contribution in [-0.4, -0.2) is 45.2 Å². The Balaban J connectivity index is 1.44. The maximum atomic E-state index is 12.5. The largest absolute Gasteiger partial charge is 0.322 e. The van der Waals surface area contributed by atoms with Gasteiger partial charge in [-0.1, -0.05) is 19.1 Å². The second kappa shape index (κ2) is 8.64.